The van der Waals surface area contributed by atoms with E-state index < -0.39 is 17.6 Å². The Balaban J connectivity index is 2.16. The number of rotatable bonds is 7. The molecule has 0 aliphatic carbocycles. The van der Waals surface area contributed by atoms with Crippen molar-refractivity contribution in [1.82, 2.24) is 4.90 Å². The molecule has 2 aliphatic heterocycles. The van der Waals surface area contributed by atoms with Gasteiger partial charge in [-0.2, -0.15) is 22.0 Å². The number of hydrogen-bond donors (Lipinski definition) is 0. The summed E-state index contributed by atoms with van der Waals surface area (Å²) in [6.07, 6.45) is 5.58. The quantitative estimate of drug-likeness (QED) is 0.359. The highest BCUT2D eigenvalue weighted by Gasteiger charge is 2.71. The molecule has 1 atom stereocenters. The van der Waals surface area contributed by atoms with Gasteiger partial charge in [0.1, 0.15) is 5.84 Å². The topological polar surface area (TPSA) is 15.6 Å². The average Bonchev–Trinajstić information content (AvgIpc) is 2.70. The largest absolute Gasteiger partial charge is 0.456 e. The third-order valence-electron chi connectivity index (χ3n) is 5.15. The summed E-state index contributed by atoms with van der Waals surface area (Å²) in [4.78, 5) is 5.59. The van der Waals surface area contributed by atoms with Gasteiger partial charge < -0.3 is 4.90 Å². The Morgan fingerprint density at radius 1 is 0.966 bits per heavy atom. The van der Waals surface area contributed by atoms with Gasteiger partial charge in [0, 0.05) is 11.9 Å². The smallest absolute Gasteiger partial charge is 0.306 e. The second-order valence-corrected chi connectivity index (χ2v) is 7.19. The van der Waals surface area contributed by atoms with Gasteiger partial charge in [0.25, 0.3) is 0 Å². The first-order chi connectivity index (χ1) is 13.7. The third-order valence-corrected chi connectivity index (χ3v) is 5.15. The number of fused-ring (bicyclic) bond motifs is 1. The second kappa shape index (κ2) is 8.13. The molecule has 0 radical (unpaired) electrons. The molecule has 2 nitrogen and oxygen atoms in total. The standard InChI is InChI=1S/C22H23F5N2/c1-2-3-4-8-13-18-16-20(17-11-6-5-7-12-17,21(23,24)22(25,26)27)28-19-14-9-10-15-29(18)19/h5-7,9-12,14-16H,2-4,8,13H2,1H3. The molecule has 2 heterocycles. The van der Waals surface area contributed by atoms with E-state index in [2.05, 4.69) is 4.99 Å². The minimum Gasteiger partial charge on any atom is -0.306 e. The van der Waals surface area contributed by atoms with Crippen molar-refractivity contribution in [2.75, 3.05) is 0 Å². The molecule has 7 heteroatoms. The molecule has 0 aromatic heterocycles. The molecule has 29 heavy (non-hydrogen) atoms. The highest BCUT2D eigenvalue weighted by molar-refractivity contribution is 5.97. The number of hydrogen-bond acceptors (Lipinski definition) is 2. The van der Waals surface area contributed by atoms with Crippen LogP contribution >= 0.6 is 0 Å². The van der Waals surface area contributed by atoms with E-state index in [1.807, 2.05) is 6.92 Å². The molecule has 156 valence electrons. The van der Waals surface area contributed by atoms with Crippen LogP contribution in [-0.4, -0.2) is 22.8 Å². The number of amidine groups is 1. The number of aliphatic imine (C=N–C) groups is 1. The minimum atomic E-state index is -5.76. The number of halogens is 5. The zero-order valence-electron chi connectivity index (χ0n) is 16.1. The van der Waals surface area contributed by atoms with Crippen molar-refractivity contribution in [3.8, 4) is 0 Å². The normalized spacial score (nSPS) is 21.7. The molecule has 0 N–H and O–H groups in total. The lowest BCUT2D eigenvalue weighted by molar-refractivity contribution is -0.303. The molecular weight excluding hydrogens is 387 g/mol. The molecule has 1 unspecified atom stereocenters. The van der Waals surface area contributed by atoms with Crippen molar-refractivity contribution < 1.29 is 22.0 Å². The maximum Gasteiger partial charge on any atom is 0.456 e. The van der Waals surface area contributed by atoms with Crippen molar-refractivity contribution in [3.63, 3.8) is 0 Å². The van der Waals surface area contributed by atoms with E-state index in [1.54, 1.807) is 29.3 Å². The Hall–Kier alpha value is -2.44. The molecule has 0 spiro atoms. The van der Waals surface area contributed by atoms with Crippen molar-refractivity contribution >= 4 is 5.84 Å². The van der Waals surface area contributed by atoms with E-state index in [0.717, 1.165) is 25.3 Å². The molecule has 3 rings (SSSR count). The van der Waals surface area contributed by atoms with Crippen LogP contribution < -0.4 is 0 Å². The zero-order chi connectivity index (χ0) is 21.1. The van der Waals surface area contributed by atoms with Crippen LogP contribution in [0.3, 0.4) is 0 Å². The predicted octanol–water partition coefficient (Wildman–Crippen LogP) is 6.73. The SMILES string of the molecule is CCCCCCC1=CC(c2ccccc2)(C(F)(F)C(F)(F)F)N=C2C=CC=CN12. The van der Waals surface area contributed by atoms with Gasteiger partial charge >= 0.3 is 12.1 Å². The molecule has 1 aromatic carbocycles. The monoisotopic (exact) mass is 410 g/mol. The lowest BCUT2D eigenvalue weighted by Gasteiger charge is -2.42. The molecule has 0 saturated carbocycles. The Morgan fingerprint density at radius 3 is 2.34 bits per heavy atom. The third kappa shape index (κ3) is 3.87. The Morgan fingerprint density at radius 2 is 1.69 bits per heavy atom. The van der Waals surface area contributed by atoms with Gasteiger partial charge in [-0.15, -0.1) is 0 Å². The van der Waals surface area contributed by atoms with Gasteiger partial charge in [0.15, 0.2) is 5.54 Å². The first kappa shape index (κ1) is 21.3. The lowest BCUT2D eigenvalue weighted by atomic mass is 9.80. The first-order valence-electron chi connectivity index (χ1n) is 9.68. The average molecular weight is 410 g/mol. The number of benzene rings is 1. The number of nitrogens with zero attached hydrogens (tertiary/aromatic N) is 2. The van der Waals surface area contributed by atoms with Gasteiger partial charge in [-0.25, -0.2) is 4.99 Å². The van der Waals surface area contributed by atoms with Gasteiger partial charge in [-0.1, -0.05) is 62.6 Å². The summed E-state index contributed by atoms with van der Waals surface area (Å²) in [6.45, 7) is 2.05. The summed E-state index contributed by atoms with van der Waals surface area (Å²) in [7, 11) is 0. The molecule has 2 aliphatic rings. The number of alkyl halides is 5. The van der Waals surface area contributed by atoms with Crippen molar-refractivity contribution in [1.29, 1.82) is 0 Å². The molecule has 1 aromatic rings. The van der Waals surface area contributed by atoms with Crippen molar-refractivity contribution in [3.05, 3.63) is 72.1 Å². The van der Waals surface area contributed by atoms with Crippen LogP contribution in [0.1, 0.15) is 44.6 Å². The van der Waals surface area contributed by atoms with Gasteiger partial charge in [-0.3, -0.25) is 0 Å². The fourth-order valence-corrected chi connectivity index (χ4v) is 3.62. The van der Waals surface area contributed by atoms with Crippen LogP contribution in [0.15, 0.2) is 71.5 Å². The maximum atomic E-state index is 15.0. The van der Waals surface area contributed by atoms with E-state index in [-0.39, 0.29) is 11.4 Å². The van der Waals surface area contributed by atoms with E-state index in [4.69, 9.17) is 0 Å². The first-order valence-corrected chi connectivity index (χ1v) is 9.68. The predicted molar refractivity (Wildman–Crippen MR) is 104 cm³/mol. The van der Waals surface area contributed by atoms with E-state index >= 15 is 0 Å². The van der Waals surface area contributed by atoms with Gasteiger partial charge in [0.05, 0.1) is 0 Å². The van der Waals surface area contributed by atoms with Crippen molar-refractivity contribution in [2.24, 2.45) is 4.99 Å². The van der Waals surface area contributed by atoms with Crippen molar-refractivity contribution in [2.45, 2.75) is 56.7 Å². The minimum absolute atomic E-state index is 0.0771. The number of allylic oxidation sites excluding steroid dienone is 3. The summed E-state index contributed by atoms with van der Waals surface area (Å²) in [5.41, 5.74) is -2.64. The molecule has 0 amide bonds. The summed E-state index contributed by atoms with van der Waals surface area (Å²) in [6, 6.07) is 7.01. The Labute approximate surface area is 167 Å². The van der Waals surface area contributed by atoms with Gasteiger partial charge in [0.2, 0.25) is 0 Å². The highest BCUT2D eigenvalue weighted by Crippen LogP contribution is 2.53. The Bertz CT molecular complexity index is 837. The van der Waals surface area contributed by atoms with Crippen LogP contribution in [0.25, 0.3) is 0 Å². The summed E-state index contributed by atoms with van der Waals surface area (Å²) < 4.78 is 70.7. The molecule has 0 bridgehead atoms. The van der Waals surface area contributed by atoms with Crippen LogP contribution in [0, 0.1) is 0 Å². The summed E-state index contributed by atoms with van der Waals surface area (Å²) in [5.74, 6) is -5.00. The highest BCUT2D eigenvalue weighted by atomic mass is 19.4. The van der Waals surface area contributed by atoms with E-state index in [0.29, 0.717) is 18.5 Å². The molecular formula is C22H23F5N2. The van der Waals surface area contributed by atoms with Gasteiger partial charge in [-0.05, 0) is 36.6 Å². The Kier molecular flexibility index (Phi) is 5.96. The van der Waals surface area contributed by atoms with Crippen LogP contribution in [0.5, 0.6) is 0 Å². The van der Waals surface area contributed by atoms with E-state index in [9.17, 15) is 22.0 Å². The fourth-order valence-electron chi connectivity index (χ4n) is 3.62. The second-order valence-electron chi connectivity index (χ2n) is 7.19. The summed E-state index contributed by atoms with van der Waals surface area (Å²) >= 11 is 0. The lowest BCUT2D eigenvalue weighted by Crippen LogP contribution is -2.55. The van der Waals surface area contributed by atoms with Crippen LogP contribution in [-0.2, 0) is 5.54 Å². The molecule has 0 fully saturated rings. The maximum absolute atomic E-state index is 15.0. The van der Waals surface area contributed by atoms with E-state index in [1.165, 1.54) is 30.3 Å². The van der Waals surface area contributed by atoms with Crippen LogP contribution in [0.4, 0.5) is 22.0 Å². The molecule has 0 saturated heterocycles. The summed E-state index contributed by atoms with van der Waals surface area (Å²) in [5, 5.41) is 0. The fraction of sp³-hybridized carbons (Fsp3) is 0.409. The zero-order valence-corrected chi connectivity index (χ0v) is 16.1. The number of unbranched alkanes of at least 4 members (excludes halogenated alkanes) is 3. The van der Waals surface area contributed by atoms with Crippen LogP contribution in [0.2, 0.25) is 0 Å².